The molecule has 2 aliphatic carbocycles. The zero-order valence-electron chi connectivity index (χ0n) is 23.2. The summed E-state index contributed by atoms with van der Waals surface area (Å²) in [7, 11) is -4.13. The molecule has 2 fully saturated rings. The average Bonchev–Trinajstić information content (AvgIpc) is 3.88. The number of aryl methyl sites for hydroxylation is 2. The van der Waals surface area contributed by atoms with Crippen LogP contribution in [-0.4, -0.2) is 55.5 Å². The molecule has 42 heavy (non-hydrogen) atoms. The third kappa shape index (κ3) is 4.62. The van der Waals surface area contributed by atoms with Crippen LogP contribution in [0.4, 0.5) is 4.39 Å². The SMILES string of the molecule is Cc1ccc([C@H](CC(=O)O)c2ccn3c(C4CC4)nnc3c2C)cc1CN1CC2(CC2)Oc2ncc(F)cc2S1(=O)=O. The van der Waals surface area contributed by atoms with Crippen molar-refractivity contribution < 1.29 is 27.4 Å². The van der Waals surface area contributed by atoms with Crippen LogP contribution in [0.1, 0.15) is 77.6 Å². The van der Waals surface area contributed by atoms with E-state index in [2.05, 4.69) is 15.2 Å². The first-order valence-electron chi connectivity index (χ1n) is 14.0. The maximum Gasteiger partial charge on any atom is 0.304 e. The minimum Gasteiger partial charge on any atom is -0.481 e. The molecule has 4 heterocycles. The van der Waals surface area contributed by atoms with Gasteiger partial charge < -0.3 is 9.84 Å². The molecule has 12 heteroatoms. The van der Waals surface area contributed by atoms with Gasteiger partial charge in [0.2, 0.25) is 15.9 Å². The number of carboxylic acid groups (broad SMARTS) is 1. The zero-order valence-corrected chi connectivity index (χ0v) is 24.1. The molecule has 3 aliphatic rings. The highest BCUT2D eigenvalue weighted by molar-refractivity contribution is 7.89. The Morgan fingerprint density at radius 2 is 1.98 bits per heavy atom. The lowest BCUT2D eigenvalue weighted by Gasteiger charge is -2.25. The quantitative estimate of drug-likeness (QED) is 0.333. The van der Waals surface area contributed by atoms with Gasteiger partial charge in [0.1, 0.15) is 22.1 Å². The van der Waals surface area contributed by atoms with E-state index in [4.69, 9.17) is 4.74 Å². The fourth-order valence-corrected chi connectivity index (χ4v) is 7.52. The van der Waals surface area contributed by atoms with Gasteiger partial charge in [0.25, 0.3) is 0 Å². The van der Waals surface area contributed by atoms with E-state index < -0.39 is 33.3 Å². The van der Waals surface area contributed by atoms with Gasteiger partial charge in [0, 0.05) is 30.6 Å². The summed E-state index contributed by atoms with van der Waals surface area (Å²) in [5, 5.41) is 18.7. The van der Waals surface area contributed by atoms with Gasteiger partial charge in [-0.2, -0.15) is 4.31 Å². The van der Waals surface area contributed by atoms with Crippen molar-refractivity contribution in [3.63, 3.8) is 0 Å². The lowest BCUT2D eigenvalue weighted by atomic mass is 9.85. The minimum atomic E-state index is -4.13. The molecule has 0 saturated heterocycles. The van der Waals surface area contributed by atoms with E-state index in [1.807, 2.05) is 48.7 Å². The molecule has 7 rings (SSSR count). The molecule has 0 bridgehead atoms. The van der Waals surface area contributed by atoms with Gasteiger partial charge >= 0.3 is 5.97 Å². The second-order valence-electron chi connectivity index (χ2n) is 11.8. The number of nitrogens with zero attached hydrogens (tertiary/aromatic N) is 5. The third-order valence-electron chi connectivity index (χ3n) is 8.70. The Morgan fingerprint density at radius 3 is 2.69 bits per heavy atom. The van der Waals surface area contributed by atoms with Crippen LogP contribution in [0, 0.1) is 19.7 Å². The summed E-state index contributed by atoms with van der Waals surface area (Å²) in [6, 6.07) is 8.57. The summed E-state index contributed by atoms with van der Waals surface area (Å²) in [6.45, 7) is 3.96. The lowest BCUT2D eigenvalue weighted by Crippen LogP contribution is -2.38. The van der Waals surface area contributed by atoms with Gasteiger partial charge in [-0.3, -0.25) is 9.20 Å². The van der Waals surface area contributed by atoms with Gasteiger partial charge in [0.15, 0.2) is 5.65 Å². The van der Waals surface area contributed by atoms with Crippen LogP contribution >= 0.6 is 0 Å². The predicted molar refractivity (Wildman–Crippen MR) is 149 cm³/mol. The molecule has 3 aromatic heterocycles. The van der Waals surface area contributed by atoms with E-state index in [0.717, 1.165) is 58.7 Å². The van der Waals surface area contributed by atoms with Crippen LogP contribution in [-0.2, 0) is 21.4 Å². The number of hydrogen-bond acceptors (Lipinski definition) is 7. The van der Waals surface area contributed by atoms with Crippen molar-refractivity contribution in [2.75, 3.05) is 6.54 Å². The third-order valence-corrected chi connectivity index (χ3v) is 10.5. The summed E-state index contributed by atoms with van der Waals surface area (Å²) in [6.07, 6.45) is 6.24. The molecule has 0 radical (unpaired) electrons. The van der Waals surface area contributed by atoms with Gasteiger partial charge in [-0.05, 0) is 73.4 Å². The van der Waals surface area contributed by atoms with Gasteiger partial charge in [-0.25, -0.2) is 17.8 Å². The van der Waals surface area contributed by atoms with Crippen LogP contribution in [0.2, 0.25) is 0 Å². The van der Waals surface area contributed by atoms with Crippen molar-refractivity contribution in [2.45, 2.75) is 74.8 Å². The maximum atomic E-state index is 14.1. The van der Waals surface area contributed by atoms with E-state index in [1.165, 1.54) is 4.31 Å². The molecule has 0 unspecified atom stereocenters. The molecule has 1 aromatic carbocycles. The Balaban J connectivity index is 1.27. The van der Waals surface area contributed by atoms with E-state index >= 15 is 0 Å². The van der Waals surface area contributed by atoms with Crippen LogP contribution in [0.15, 0.2) is 47.6 Å². The monoisotopic (exact) mass is 591 g/mol. The van der Waals surface area contributed by atoms with E-state index in [-0.39, 0.29) is 30.3 Å². The number of benzene rings is 1. The number of ether oxygens (including phenoxy) is 1. The Labute approximate surface area is 242 Å². The molecule has 4 aromatic rings. The zero-order chi connectivity index (χ0) is 29.4. The highest BCUT2D eigenvalue weighted by Crippen LogP contribution is 2.46. The minimum absolute atomic E-state index is 0.0236. The first-order chi connectivity index (χ1) is 20.0. The van der Waals surface area contributed by atoms with Gasteiger partial charge in [-0.1, -0.05) is 18.2 Å². The van der Waals surface area contributed by atoms with Crippen molar-refractivity contribution in [3.8, 4) is 5.88 Å². The van der Waals surface area contributed by atoms with Crippen LogP contribution < -0.4 is 4.74 Å². The van der Waals surface area contributed by atoms with E-state index in [1.54, 1.807) is 0 Å². The average molecular weight is 592 g/mol. The molecule has 1 atom stereocenters. The number of aliphatic carboxylic acids is 1. The number of aromatic nitrogens is 4. The molecular formula is C30H30FN5O5S. The van der Waals surface area contributed by atoms with Crippen LogP contribution in [0.3, 0.4) is 0 Å². The summed E-state index contributed by atoms with van der Waals surface area (Å²) in [4.78, 5) is 15.7. The molecule has 1 aliphatic heterocycles. The number of fused-ring (bicyclic) bond motifs is 2. The lowest BCUT2D eigenvalue weighted by molar-refractivity contribution is -0.137. The maximum absolute atomic E-state index is 14.1. The Kier molecular flexibility index (Phi) is 6.14. The number of hydrogen-bond donors (Lipinski definition) is 1. The molecule has 1 N–H and O–H groups in total. The first kappa shape index (κ1) is 27.0. The molecule has 2 saturated carbocycles. The fourth-order valence-electron chi connectivity index (χ4n) is 5.96. The number of carboxylic acids is 1. The van der Waals surface area contributed by atoms with Crippen molar-refractivity contribution in [2.24, 2.45) is 0 Å². The molecular weight excluding hydrogens is 561 g/mol. The highest BCUT2D eigenvalue weighted by Gasteiger charge is 2.52. The molecule has 0 amide bonds. The number of halogens is 1. The van der Waals surface area contributed by atoms with Crippen molar-refractivity contribution in [1.82, 2.24) is 23.9 Å². The second kappa shape index (κ2) is 9.56. The smallest absolute Gasteiger partial charge is 0.304 e. The van der Waals surface area contributed by atoms with Crippen molar-refractivity contribution in [3.05, 3.63) is 82.2 Å². The highest BCUT2D eigenvalue weighted by atomic mass is 32.2. The molecule has 10 nitrogen and oxygen atoms in total. The Bertz CT molecular complexity index is 1870. The summed E-state index contributed by atoms with van der Waals surface area (Å²) in [5.74, 6) is -0.935. The number of pyridine rings is 2. The number of rotatable bonds is 7. The predicted octanol–water partition coefficient (Wildman–Crippen LogP) is 4.48. The van der Waals surface area contributed by atoms with Crippen molar-refractivity contribution in [1.29, 1.82) is 0 Å². The van der Waals surface area contributed by atoms with Crippen LogP contribution in [0.5, 0.6) is 5.88 Å². The standard InChI is InChI=1S/C30H30FN5O5S/c1-17-3-4-20(24(13-26(37)38)23-7-10-36-27(18(23)2)33-34-28(36)19-5-6-19)11-21(17)15-35-16-30(8-9-30)41-29-25(42(35,39)40)12-22(31)14-32-29/h3-4,7,10-12,14,19,24H,5-6,8-9,13,15-16H2,1-2H3,(H,37,38)/t24-/m0/s1. The summed E-state index contributed by atoms with van der Waals surface area (Å²) < 4.78 is 51.0. The number of carbonyl (C=O) groups is 1. The molecule has 218 valence electrons. The van der Waals surface area contributed by atoms with Crippen molar-refractivity contribution >= 4 is 21.6 Å². The van der Waals surface area contributed by atoms with Gasteiger partial charge in [-0.15, -0.1) is 10.2 Å². The largest absolute Gasteiger partial charge is 0.481 e. The second-order valence-corrected chi connectivity index (χ2v) is 13.7. The summed E-state index contributed by atoms with van der Waals surface area (Å²) in [5.41, 5.74) is 4.05. The fraction of sp³-hybridized carbons (Fsp3) is 0.400. The molecule has 1 spiro atoms. The van der Waals surface area contributed by atoms with Crippen LogP contribution in [0.25, 0.3) is 5.65 Å². The first-order valence-corrected chi connectivity index (χ1v) is 15.5. The topological polar surface area (TPSA) is 127 Å². The Morgan fingerprint density at radius 1 is 1.19 bits per heavy atom. The van der Waals surface area contributed by atoms with E-state index in [0.29, 0.717) is 24.4 Å². The normalized spacial score (nSPS) is 19.7. The number of sulfonamides is 1. The van der Waals surface area contributed by atoms with E-state index in [9.17, 15) is 22.7 Å². The summed E-state index contributed by atoms with van der Waals surface area (Å²) >= 11 is 0. The Hall–Kier alpha value is -3.90. The van der Waals surface area contributed by atoms with Gasteiger partial charge in [0.05, 0.1) is 19.2 Å².